The Morgan fingerprint density at radius 1 is 1.14 bits per heavy atom. The number of aromatic nitrogens is 2. The summed E-state index contributed by atoms with van der Waals surface area (Å²) in [5.41, 5.74) is 2.26. The van der Waals surface area contributed by atoms with Gasteiger partial charge in [0.15, 0.2) is 5.13 Å². The topological polar surface area (TPSA) is 55.3 Å². The highest BCUT2D eigenvalue weighted by atomic mass is 127. The molecule has 0 N–H and O–H groups in total. The van der Waals surface area contributed by atoms with E-state index in [4.69, 9.17) is 9.72 Å². The number of methoxy groups -OCH3 is 1. The van der Waals surface area contributed by atoms with Crippen molar-refractivity contribution in [3.63, 3.8) is 0 Å². The van der Waals surface area contributed by atoms with E-state index >= 15 is 0 Å². The standard InChI is InChI=1S/C21H16IN3O2S/c1-27-15-9-10-19-18(12-15)24-21(28-19)25(13-14-6-4-5-11-23-14)20(26)16-7-2-3-8-17(16)22/h2-12H,13H2,1H3. The summed E-state index contributed by atoms with van der Waals surface area (Å²) in [6.45, 7) is 0.349. The minimum atomic E-state index is -0.0957. The molecule has 0 aliphatic rings. The van der Waals surface area contributed by atoms with Crippen molar-refractivity contribution >= 4 is 55.2 Å². The van der Waals surface area contributed by atoms with Gasteiger partial charge in [-0.3, -0.25) is 14.7 Å². The summed E-state index contributed by atoms with van der Waals surface area (Å²) in [6.07, 6.45) is 1.73. The van der Waals surface area contributed by atoms with Crippen LogP contribution in [0.1, 0.15) is 16.1 Å². The largest absolute Gasteiger partial charge is 0.497 e. The van der Waals surface area contributed by atoms with Crippen LogP contribution in [-0.2, 0) is 6.54 Å². The minimum Gasteiger partial charge on any atom is -0.497 e. The second kappa shape index (κ2) is 8.24. The van der Waals surface area contributed by atoms with Gasteiger partial charge in [-0.1, -0.05) is 29.5 Å². The number of benzene rings is 2. The summed E-state index contributed by atoms with van der Waals surface area (Å²) in [5.74, 6) is 0.645. The number of ether oxygens (including phenoxy) is 1. The van der Waals surface area contributed by atoms with E-state index in [2.05, 4.69) is 27.6 Å². The summed E-state index contributed by atoms with van der Waals surface area (Å²) in [5, 5.41) is 0.638. The van der Waals surface area contributed by atoms with Crippen LogP contribution in [0.15, 0.2) is 66.9 Å². The van der Waals surface area contributed by atoms with Crippen molar-refractivity contribution in [2.45, 2.75) is 6.54 Å². The summed E-state index contributed by atoms with van der Waals surface area (Å²) in [6, 6.07) is 19.0. The normalized spacial score (nSPS) is 10.8. The quantitative estimate of drug-likeness (QED) is 0.355. The third kappa shape index (κ3) is 3.85. The number of hydrogen-bond donors (Lipinski definition) is 0. The van der Waals surface area contributed by atoms with Gasteiger partial charge in [0.1, 0.15) is 5.75 Å². The molecule has 140 valence electrons. The lowest BCUT2D eigenvalue weighted by atomic mass is 10.2. The number of hydrogen-bond acceptors (Lipinski definition) is 5. The Hall–Kier alpha value is -2.52. The molecule has 4 rings (SSSR count). The van der Waals surface area contributed by atoms with Crippen LogP contribution in [0.5, 0.6) is 5.75 Å². The van der Waals surface area contributed by atoms with Gasteiger partial charge in [0.05, 0.1) is 35.1 Å². The van der Waals surface area contributed by atoms with Crippen molar-refractivity contribution < 1.29 is 9.53 Å². The second-order valence-corrected chi connectivity index (χ2v) is 8.19. The molecule has 0 radical (unpaired) electrons. The summed E-state index contributed by atoms with van der Waals surface area (Å²) >= 11 is 3.67. The van der Waals surface area contributed by atoms with E-state index in [1.807, 2.05) is 60.7 Å². The van der Waals surface area contributed by atoms with Gasteiger partial charge in [0.25, 0.3) is 5.91 Å². The summed E-state index contributed by atoms with van der Waals surface area (Å²) in [7, 11) is 1.63. The molecule has 0 aliphatic heterocycles. The SMILES string of the molecule is COc1ccc2sc(N(Cc3ccccn3)C(=O)c3ccccc3I)nc2c1. The van der Waals surface area contributed by atoms with Crippen molar-refractivity contribution in [1.82, 2.24) is 9.97 Å². The van der Waals surface area contributed by atoms with E-state index in [9.17, 15) is 4.79 Å². The molecule has 2 aromatic carbocycles. The molecular weight excluding hydrogens is 485 g/mol. The molecule has 0 fully saturated rings. The van der Waals surface area contributed by atoms with E-state index < -0.39 is 0 Å². The van der Waals surface area contributed by atoms with E-state index in [-0.39, 0.29) is 5.91 Å². The molecule has 4 aromatic rings. The predicted molar refractivity (Wildman–Crippen MR) is 120 cm³/mol. The van der Waals surface area contributed by atoms with E-state index in [0.717, 1.165) is 25.2 Å². The van der Waals surface area contributed by atoms with E-state index in [1.165, 1.54) is 11.3 Å². The van der Waals surface area contributed by atoms with Crippen LogP contribution in [-0.4, -0.2) is 23.0 Å². The van der Waals surface area contributed by atoms with Gasteiger partial charge in [-0.2, -0.15) is 0 Å². The number of anilines is 1. The number of thiazole rings is 1. The maximum atomic E-state index is 13.4. The lowest BCUT2D eigenvalue weighted by Crippen LogP contribution is -2.31. The Bertz CT molecular complexity index is 1130. The lowest BCUT2D eigenvalue weighted by molar-refractivity contribution is 0.0984. The highest BCUT2D eigenvalue weighted by Crippen LogP contribution is 2.33. The first kappa shape index (κ1) is 18.8. The number of rotatable bonds is 5. The maximum absolute atomic E-state index is 13.4. The van der Waals surface area contributed by atoms with Gasteiger partial charge in [0.2, 0.25) is 0 Å². The second-order valence-electron chi connectivity index (χ2n) is 6.02. The fourth-order valence-corrected chi connectivity index (χ4v) is 4.36. The number of carbonyl (C=O) groups excluding carboxylic acids is 1. The average Bonchev–Trinajstić information content (AvgIpc) is 3.15. The molecule has 0 saturated carbocycles. The number of halogens is 1. The average molecular weight is 501 g/mol. The zero-order valence-corrected chi connectivity index (χ0v) is 18.0. The number of carbonyl (C=O) groups is 1. The van der Waals surface area contributed by atoms with Gasteiger partial charge >= 0.3 is 0 Å². The fraction of sp³-hybridized carbons (Fsp3) is 0.0952. The fourth-order valence-electron chi connectivity index (χ4n) is 2.80. The first-order chi connectivity index (χ1) is 13.7. The van der Waals surface area contributed by atoms with Crippen molar-refractivity contribution in [1.29, 1.82) is 0 Å². The smallest absolute Gasteiger partial charge is 0.261 e. The third-order valence-electron chi connectivity index (χ3n) is 4.21. The Morgan fingerprint density at radius 2 is 1.96 bits per heavy atom. The van der Waals surface area contributed by atoms with Crippen LogP contribution in [0.2, 0.25) is 0 Å². The molecule has 0 spiro atoms. The molecule has 0 saturated heterocycles. The van der Waals surface area contributed by atoms with Crippen LogP contribution in [0.25, 0.3) is 10.2 Å². The van der Waals surface area contributed by atoms with Crippen LogP contribution in [0, 0.1) is 3.57 Å². The minimum absolute atomic E-state index is 0.0957. The first-order valence-electron chi connectivity index (χ1n) is 8.56. The zero-order valence-electron chi connectivity index (χ0n) is 15.0. The van der Waals surface area contributed by atoms with Gasteiger partial charge in [0, 0.05) is 15.8 Å². The number of nitrogens with zero attached hydrogens (tertiary/aromatic N) is 3. The molecule has 5 nitrogen and oxygen atoms in total. The Morgan fingerprint density at radius 3 is 2.71 bits per heavy atom. The molecule has 0 aliphatic carbocycles. The molecule has 2 heterocycles. The van der Waals surface area contributed by atoms with Crippen LogP contribution < -0.4 is 9.64 Å². The number of fused-ring (bicyclic) bond motifs is 1. The van der Waals surface area contributed by atoms with Gasteiger partial charge in [-0.15, -0.1) is 0 Å². The highest BCUT2D eigenvalue weighted by molar-refractivity contribution is 14.1. The van der Waals surface area contributed by atoms with Crippen molar-refractivity contribution in [3.8, 4) is 5.75 Å². The van der Waals surface area contributed by atoms with Crippen LogP contribution in [0.3, 0.4) is 0 Å². The molecule has 0 atom stereocenters. The van der Waals surface area contributed by atoms with Gasteiger partial charge in [-0.05, 0) is 59.0 Å². The van der Waals surface area contributed by atoms with Gasteiger partial charge < -0.3 is 4.74 Å². The van der Waals surface area contributed by atoms with Crippen LogP contribution in [0.4, 0.5) is 5.13 Å². The Balaban J connectivity index is 1.78. The van der Waals surface area contributed by atoms with Crippen molar-refractivity contribution in [2.24, 2.45) is 0 Å². The van der Waals surface area contributed by atoms with E-state index in [0.29, 0.717) is 17.2 Å². The number of pyridine rings is 1. The first-order valence-corrected chi connectivity index (χ1v) is 10.5. The van der Waals surface area contributed by atoms with Crippen molar-refractivity contribution in [2.75, 3.05) is 12.0 Å². The molecule has 7 heteroatoms. The zero-order chi connectivity index (χ0) is 19.5. The predicted octanol–water partition coefficient (Wildman–Crippen LogP) is 5.15. The molecule has 0 bridgehead atoms. The van der Waals surface area contributed by atoms with Crippen molar-refractivity contribution in [3.05, 3.63) is 81.7 Å². The summed E-state index contributed by atoms with van der Waals surface area (Å²) < 4.78 is 7.19. The third-order valence-corrected chi connectivity index (χ3v) is 6.21. The molecule has 1 amide bonds. The number of amides is 1. The lowest BCUT2D eigenvalue weighted by Gasteiger charge is -2.20. The monoisotopic (exact) mass is 501 g/mol. The maximum Gasteiger partial charge on any atom is 0.261 e. The Labute approximate surface area is 180 Å². The highest BCUT2D eigenvalue weighted by Gasteiger charge is 2.23. The van der Waals surface area contributed by atoms with Crippen LogP contribution >= 0.6 is 33.9 Å². The van der Waals surface area contributed by atoms with E-state index in [1.54, 1.807) is 18.2 Å². The molecular formula is C21H16IN3O2S. The van der Waals surface area contributed by atoms with Gasteiger partial charge in [-0.25, -0.2) is 4.98 Å². The molecule has 0 unspecified atom stereocenters. The molecule has 28 heavy (non-hydrogen) atoms. The Kier molecular flexibility index (Phi) is 5.54. The summed E-state index contributed by atoms with van der Waals surface area (Å²) in [4.78, 5) is 24.2. The molecule has 2 aromatic heterocycles.